The van der Waals surface area contributed by atoms with Gasteiger partial charge in [0.2, 0.25) is 0 Å². The van der Waals surface area contributed by atoms with Gasteiger partial charge >= 0.3 is 6.09 Å². The number of hydrogen-bond acceptors (Lipinski definition) is 3. The van der Waals surface area contributed by atoms with Gasteiger partial charge in [0.05, 0.1) is 18.9 Å². The van der Waals surface area contributed by atoms with Crippen LogP contribution in [0.5, 0.6) is 11.5 Å². The van der Waals surface area contributed by atoms with E-state index >= 15 is 0 Å². The molecule has 15 heavy (non-hydrogen) atoms. The van der Waals surface area contributed by atoms with E-state index in [1.807, 2.05) is 0 Å². The van der Waals surface area contributed by atoms with Crippen molar-refractivity contribution in [3.05, 3.63) is 18.2 Å². The SMILES string of the molecule is O=C(O)Nc1cccc2c1OCCCO2. The maximum Gasteiger partial charge on any atom is 0.409 e. The summed E-state index contributed by atoms with van der Waals surface area (Å²) in [6, 6.07) is 5.12. The van der Waals surface area contributed by atoms with Crippen LogP contribution in [0.1, 0.15) is 6.42 Å². The van der Waals surface area contributed by atoms with Gasteiger partial charge < -0.3 is 14.6 Å². The summed E-state index contributed by atoms with van der Waals surface area (Å²) in [5, 5.41) is 10.9. The lowest BCUT2D eigenvalue weighted by Crippen LogP contribution is -2.09. The lowest BCUT2D eigenvalue weighted by Gasteiger charge is -2.11. The first-order valence-corrected chi connectivity index (χ1v) is 4.66. The zero-order chi connectivity index (χ0) is 10.7. The third-order valence-corrected chi connectivity index (χ3v) is 2.01. The number of rotatable bonds is 1. The van der Waals surface area contributed by atoms with Crippen molar-refractivity contribution in [3.8, 4) is 11.5 Å². The number of ether oxygens (including phenoxy) is 2. The first-order chi connectivity index (χ1) is 7.27. The Balaban J connectivity index is 2.34. The van der Waals surface area contributed by atoms with Crippen LogP contribution in [0.25, 0.3) is 0 Å². The molecule has 1 aromatic rings. The van der Waals surface area contributed by atoms with Gasteiger partial charge in [-0.1, -0.05) is 6.07 Å². The Labute approximate surface area is 86.6 Å². The normalized spacial score (nSPS) is 14.1. The maximum atomic E-state index is 10.5. The van der Waals surface area contributed by atoms with Crippen molar-refractivity contribution < 1.29 is 19.4 Å². The number of fused-ring (bicyclic) bond motifs is 1. The molecule has 0 unspecified atom stereocenters. The van der Waals surface area contributed by atoms with Crippen molar-refractivity contribution in [2.24, 2.45) is 0 Å². The molecular weight excluding hydrogens is 198 g/mol. The smallest absolute Gasteiger partial charge is 0.409 e. The fourth-order valence-corrected chi connectivity index (χ4v) is 1.41. The zero-order valence-electron chi connectivity index (χ0n) is 8.03. The molecule has 0 atom stereocenters. The number of hydrogen-bond donors (Lipinski definition) is 2. The van der Waals surface area contributed by atoms with Crippen molar-refractivity contribution in [1.29, 1.82) is 0 Å². The minimum absolute atomic E-state index is 0.418. The first-order valence-electron chi connectivity index (χ1n) is 4.66. The highest BCUT2D eigenvalue weighted by Gasteiger charge is 2.15. The molecule has 0 bridgehead atoms. The van der Waals surface area contributed by atoms with Crippen LogP contribution in [-0.2, 0) is 0 Å². The van der Waals surface area contributed by atoms with E-state index in [4.69, 9.17) is 14.6 Å². The topological polar surface area (TPSA) is 67.8 Å². The van der Waals surface area contributed by atoms with Crippen molar-refractivity contribution in [2.75, 3.05) is 18.5 Å². The number of carboxylic acid groups (broad SMARTS) is 1. The minimum Gasteiger partial charge on any atom is -0.489 e. The van der Waals surface area contributed by atoms with E-state index in [1.54, 1.807) is 18.2 Å². The molecule has 0 saturated carbocycles. The quantitative estimate of drug-likeness (QED) is 0.741. The Morgan fingerprint density at radius 3 is 2.93 bits per heavy atom. The van der Waals surface area contributed by atoms with E-state index in [2.05, 4.69) is 5.32 Å². The standard InChI is InChI=1S/C10H11NO4/c12-10(13)11-7-3-1-4-8-9(7)15-6-2-5-14-8/h1,3-4,11H,2,5-6H2,(H,12,13). The molecule has 1 aliphatic rings. The molecule has 1 amide bonds. The first kappa shape index (κ1) is 9.64. The van der Waals surface area contributed by atoms with Crippen molar-refractivity contribution in [1.82, 2.24) is 0 Å². The van der Waals surface area contributed by atoms with E-state index < -0.39 is 6.09 Å². The van der Waals surface area contributed by atoms with Crippen molar-refractivity contribution >= 4 is 11.8 Å². The van der Waals surface area contributed by atoms with Gasteiger partial charge in [-0.25, -0.2) is 4.79 Å². The predicted octanol–water partition coefficient (Wildman–Crippen LogP) is 1.94. The van der Waals surface area contributed by atoms with E-state index in [-0.39, 0.29) is 0 Å². The molecule has 0 spiro atoms. The second kappa shape index (κ2) is 4.08. The van der Waals surface area contributed by atoms with Gasteiger partial charge in [0.15, 0.2) is 11.5 Å². The number of benzene rings is 1. The highest BCUT2D eigenvalue weighted by molar-refractivity contribution is 5.86. The number of para-hydroxylation sites is 1. The average molecular weight is 209 g/mol. The Kier molecular flexibility index (Phi) is 2.62. The van der Waals surface area contributed by atoms with E-state index in [0.29, 0.717) is 30.4 Å². The highest BCUT2D eigenvalue weighted by Crippen LogP contribution is 2.36. The molecule has 5 nitrogen and oxygen atoms in total. The van der Waals surface area contributed by atoms with Gasteiger partial charge in [-0.2, -0.15) is 0 Å². The van der Waals surface area contributed by atoms with Crippen LogP contribution in [-0.4, -0.2) is 24.4 Å². The molecule has 2 N–H and O–H groups in total. The predicted molar refractivity (Wildman–Crippen MR) is 53.7 cm³/mol. The molecule has 1 aromatic carbocycles. The molecule has 0 aromatic heterocycles. The minimum atomic E-state index is -1.11. The van der Waals surface area contributed by atoms with Gasteiger partial charge in [0.25, 0.3) is 0 Å². The summed E-state index contributed by atoms with van der Waals surface area (Å²) in [4.78, 5) is 10.5. The van der Waals surface area contributed by atoms with Crippen LogP contribution in [0.15, 0.2) is 18.2 Å². The zero-order valence-corrected chi connectivity index (χ0v) is 8.03. The molecule has 0 saturated heterocycles. The molecule has 5 heteroatoms. The lowest BCUT2D eigenvalue weighted by atomic mass is 10.2. The van der Waals surface area contributed by atoms with Gasteiger partial charge in [-0.3, -0.25) is 5.32 Å². The van der Waals surface area contributed by atoms with Crippen LogP contribution >= 0.6 is 0 Å². The van der Waals surface area contributed by atoms with Crippen LogP contribution < -0.4 is 14.8 Å². The van der Waals surface area contributed by atoms with Gasteiger partial charge in [0.1, 0.15) is 0 Å². The van der Waals surface area contributed by atoms with Gasteiger partial charge in [-0.05, 0) is 12.1 Å². The average Bonchev–Trinajstić information content (AvgIpc) is 2.42. The van der Waals surface area contributed by atoms with Crippen molar-refractivity contribution in [3.63, 3.8) is 0 Å². The molecule has 0 radical (unpaired) electrons. The molecule has 0 aliphatic carbocycles. The van der Waals surface area contributed by atoms with Crippen molar-refractivity contribution in [2.45, 2.75) is 6.42 Å². The van der Waals surface area contributed by atoms with Crippen LogP contribution in [0.3, 0.4) is 0 Å². The number of nitrogens with one attached hydrogen (secondary N) is 1. The summed E-state index contributed by atoms with van der Waals surface area (Å²) in [5.41, 5.74) is 0.418. The summed E-state index contributed by atoms with van der Waals surface area (Å²) >= 11 is 0. The van der Waals surface area contributed by atoms with E-state index in [1.165, 1.54) is 0 Å². The monoisotopic (exact) mass is 209 g/mol. The summed E-state index contributed by atoms with van der Waals surface area (Å²) in [5.74, 6) is 1.05. The number of anilines is 1. The van der Waals surface area contributed by atoms with Crippen LogP contribution in [0, 0.1) is 0 Å². The fraction of sp³-hybridized carbons (Fsp3) is 0.300. The summed E-state index contributed by atoms with van der Waals surface area (Å²) < 4.78 is 10.8. The molecule has 1 heterocycles. The lowest BCUT2D eigenvalue weighted by molar-refractivity contribution is 0.209. The summed E-state index contributed by atoms with van der Waals surface area (Å²) in [7, 11) is 0. The molecule has 2 rings (SSSR count). The third kappa shape index (κ3) is 2.12. The van der Waals surface area contributed by atoms with Gasteiger partial charge in [-0.15, -0.1) is 0 Å². The third-order valence-electron chi connectivity index (χ3n) is 2.01. The second-order valence-corrected chi connectivity index (χ2v) is 3.11. The summed E-state index contributed by atoms with van der Waals surface area (Å²) in [6.45, 7) is 1.12. The van der Waals surface area contributed by atoms with Crippen LogP contribution in [0.4, 0.5) is 10.5 Å². The Morgan fingerprint density at radius 2 is 2.13 bits per heavy atom. The van der Waals surface area contributed by atoms with E-state index in [0.717, 1.165) is 6.42 Å². The number of carbonyl (C=O) groups is 1. The molecule has 1 aliphatic heterocycles. The Bertz CT molecular complexity index is 378. The molecule has 0 fully saturated rings. The molecular formula is C10H11NO4. The summed E-state index contributed by atoms with van der Waals surface area (Å²) in [6.07, 6.45) is -0.322. The fourth-order valence-electron chi connectivity index (χ4n) is 1.41. The Hall–Kier alpha value is -1.91. The number of amides is 1. The Morgan fingerprint density at radius 1 is 1.33 bits per heavy atom. The largest absolute Gasteiger partial charge is 0.489 e. The molecule has 80 valence electrons. The van der Waals surface area contributed by atoms with E-state index in [9.17, 15) is 4.79 Å². The highest BCUT2D eigenvalue weighted by atomic mass is 16.5. The maximum absolute atomic E-state index is 10.5. The van der Waals surface area contributed by atoms with Gasteiger partial charge in [0, 0.05) is 6.42 Å². The second-order valence-electron chi connectivity index (χ2n) is 3.11. The van der Waals surface area contributed by atoms with Crippen LogP contribution in [0.2, 0.25) is 0 Å².